The van der Waals surface area contributed by atoms with E-state index in [1.807, 2.05) is 35.2 Å². The van der Waals surface area contributed by atoms with Crippen LogP contribution in [0.25, 0.3) is 11.4 Å². The Kier molecular flexibility index (Phi) is 7.07. The number of rotatable bonds is 7. The lowest BCUT2D eigenvalue weighted by molar-refractivity contribution is 0.0664. The van der Waals surface area contributed by atoms with E-state index in [2.05, 4.69) is 64.5 Å². The molecule has 1 saturated heterocycles. The molecular formula is C25H29N5OS. The predicted octanol–water partition coefficient (Wildman–Crippen LogP) is 4.12. The second-order valence-corrected chi connectivity index (χ2v) is 9.10. The molecule has 0 unspecified atom stereocenters. The summed E-state index contributed by atoms with van der Waals surface area (Å²) in [6.45, 7) is 10.0. The van der Waals surface area contributed by atoms with Crippen LogP contribution in [0.3, 0.4) is 0 Å². The van der Waals surface area contributed by atoms with Crippen LogP contribution in [0.5, 0.6) is 0 Å². The van der Waals surface area contributed by atoms with Gasteiger partial charge in [0, 0.05) is 49.6 Å². The highest BCUT2D eigenvalue weighted by Gasteiger charge is 2.20. The number of piperazine rings is 1. The fourth-order valence-electron chi connectivity index (χ4n) is 3.69. The number of likely N-dealkylation sites (N-methyl/N-ethyl adjacent to an activating group) is 1. The van der Waals surface area contributed by atoms with Crippen LogP contribution in [-0.2, 0) is 12.3 Å². The molecule has 1 aliphatic heterocycles. The first-order valence-electron chi connectivity index (χ1n) is 10.9. The summed E-state index contributed by atoms with van der Waals surface area (Å²) in [6.07, 6.45) is 1.86. The van der Waals surface area contributed by atoms with Gasteiger partial charge in [0.1, 0.15) is 0 Å². The van der Waals surface area contributed by atoms with Crippen LogP contribution in [0, 0.1) is 6.92 Å². The maximum Gasteiger partial charge on any atom is 0.253 e. The van der Waals surface area contributed by atoms with Gasteiger partial charge >= 0.3 is 0 Å². The molecule has 4 rings (SSSR count). The molecule has 0 radical (unpaired) electrons. The van der Waals surface area contributed by atoms with Crippen molar-refractivity contribution in [3.63, 3.8) is 0 Å². The van der Waals surface area contributed by atoms with Gasteiger partial charge < -0.3 is 9.80 Å². The third-order valence-corrected chi connectivity index (χ3v) is 6.74. The smallest absolute Gasteiger partial charge is 0.253 e. The van der Waals surface area contributed by atoms with Crippen molar-refractivity contribution in [3.05, 3.63) is 77.9 Å². The molecule has 2 aromatic carbocycles. The average molecular weight is 448 g/mol. The topological polar surface area (TPSA) is 54.3 Å². The largest absolute Gasteiger partial charge is 0.336 e. The lowest BCUT2D eigenvalue weighted by Crippen LogP contribution is -2.47. The van der Waals surface area contributed by atoms with Gasteiger partial charge in [-0.3, -0.25) is 9.36 Å². The number of hydrogen-bond donors (Lipinski definition) is 0. The molecule has 0 saturated carbocycles. The van der Waals surface area contributed by atoms with Gasteiger partial charge in [0.15, 0.2) is 11.0 Å². The normalized spacial score (nSPS) is 14.5. The van der Waals surface area contributed by atoms with E-state index in [-0.39, 0.29) is 5.91 Å². The standard InChI is InChI=1S/C25H29N5OS/c1-4-13-30-23(21-9-5-19(2)6-10-21)26-27-25(30)32-18-20-7-11-22(12-8-20)24(31)29-16-14-28(3)15-17-29/h4-12H,1,13-18H2,2-3H3. The van der Waals surface area contributed by atoms with E-state index in [4.69, 9.17) is 0 Å². The van der Waals surface area contributed by atoms with E-state index < -0.39 is 0 Å². The Morgan fingerprint density at radius 1 is 1.03 bits per heavy atom. The summed E-state index contributed by atoms with van der Waals surface area (Å²) in [4.78, 5) is 16.9. The highest BCUT2D eigenvalue weighted by Crippen LogP contribution is 2.27. The number of aryl methyl sites for hydroxylation is 1. The summed E-state index contributed by atoms with van der Waals surface area (Å²) in [6, 6.07) is 16.2. The monoisotopic (exact) mass is 447 g/mol. The Morgan fingerprint density at radius 2 is 1.72 bits per heavy atom. The number of aromatic nitrogens is 3. The first-order valence-corrected chi connectivity index (χ1v) is 11.8. The van der Waals surface area contributed by atoms with E-state index in [1.54, 1.807) is 11.8 Å². The Bertz CT molecular complexity index is 1070. The second kappa shape index (κ2) is 10.1. The van der Waals surface area contributed by atoms with Crippen molar-refractivity contribution >= 4 is 17.7 Å². The lowest BCUT2D eigenvalue weighted by atomic mass is 10.1. The summed E-state index contributed by atoms with van der Waals surface area (Å²) in [5.41, 5.74) is 4.16. The Labute approximate surface area is 193 Å². The van der Waals surface area contributed by atoms with Crippen molar-refractivity contribution in [2.75, 3.05) is 33.2 Å². The van der Waals surface area contributed by atoms with Gasteiger partial charge in [-0.15, -0.1) is 16.8 Å². The van der Waals surface area contributed by atoms with Crippen molar-refractivity contribution in [2.24, 2.45) is 0 Å². The van der Waals surface area contributed by atoms with Crippen LogP contribution in [0.1, 0.15) is 21.5 Å². The van der Waals surface area contributed by atoms with E-state index in [0.717, 1.165) is 59.6 Å². The molecule has 0 bridgehead atoms. The van der Waals surface area contributed by atoms with Crippen LogP contribution in [0.4, 0.5) is 0 Å². The summed E-state index contributed by atoms with van der Waals surface area (Å²) in [5.74, 6) is 1.72. The van der Waals surface area contributed by atoms with Crippen molar-refractivity contribution in [1.82, 2.24) is 24.6 Å². The molecule has 6 nitrogen and oxygen atoms in total. The fraction of sp³-hybridized carbons (Fsp3) is 0.320. The molecule has 0 spiro atoms. The van der Waals surface area contributed by atoms with E-state index >= 15 is 0 Å². The third-order valence-electron chi connectivity index (χ3n) is 5.70. The van der Waals surface area contributed by atoms with Gasteiger partial charge in [-0.2, -0.15) is 0 Å². The molecule has 0 atom stereocenters. The molecule has 7 heteroatoms. The van der Waals surface area contributed by atoms with Crippen LogP contribution in [0.2, 0.25) is 0 Å². The molecule has 1 aliphatic rings. The number of carbonyl (C=O) groups is 1. The predicted molar refractivity (Wildman–Crippen MR) is 130 cm³/mol. The molecule has 0 N–H and O–H groups in total. The van der Waals surface area contributed by atoms with Gasteiger partial charge in [-0.05, 0) is 31.7 Å². The summed E-state index contributed by atoms with van der Waals surface area (Å²) in [7, 11) is 2.09. The quantitative estimate of drug-likeness (QED) is 0.403. The lowest BCUT2D eigenvalue weighted by Gasteiger charge is -2.32. The minimum Gasteiger partial charge on any atom is -0.336 e. The molecule has 1 amide bonds. The molecule has 1 aromatic heterocycles. The summed E-state index contributed by atoms with van der Waals surface area (Å²) >= 11 is 1.64. The minimum atomic E-state index is 0.116. The number of amides is 1. The van der Waals surface area contributed by atoms with E-state index in [0.29, 0.717) is 6.54 Å². The van der Waals surface area contributed by atoms with Gasteiger partial charge in [0.05, 0.1) is 0 Å². The van der Waals surface area contributed by atoms with Crippen molar-refractivity contribution in [2.45, 2.75) is 24.4 Å². The third kappa shape index (κ3) is 5.11. The number of benzene rings is 2. The van der Waals surface area contributed by atoms with Crippen molar-refractivity contribution in [3.8, 4) is 11.4 Å². The zero-order valence-electron chi connectivity index (χ0n) is 18.7. The highest BCUT2D eigenvalue weighted by atomic mass is 32.2. The molecule has 0 aliphatic carbocycles. The molecule has 32 heavy (non-hydrogen) atoms. The van der Waals surface area contributed by atoms with Crippen LogP contribution < -0.4 is 0 Å². The molecular weight excluding hydrogens is 418 g/mol. The van der Waals surface area contributed by atoms with Gasteiger partial charge in [0.25, 0.3) is 5.91 Å². The molecule has 166 valence electrons. The molecule has 2 heterocycles. The van der Waals surface area contributed by atoms with Crippen LogP contribution in [0.15, 0.2) is 66.3 Å². The van der Waals surface area contributed by atoms with Gasteiger partial charge in [0.2, 0.25) is 0 Å². The number of allylic oxidation sites excluding steroid dienone is 1. The minimum absolute atomic E-state index is 0.116. The first-order chi connectivity index (χ1) is 15.5. The van der Waals surface area contributed by atoms with Gasteiger partial charge in [-0.25, -0.2) is 0 Å². The number of carbonyl (C=O) groups excluding carboxylic acids is 1. The summed E-state index contributed by atoms with van der Waals surface area (Å²) in [5, 5.41) is 9.72. The average Bonchev–Trinajstić information content (AvgIpc) is 3.21. The number of nitrogens with zero attached hydrogens (tertiary/aromatic N) is 5. The van der Waals surface area contributed by atoms with Crippen molar-refractivity contribution < 1.29 is 4.79 Å². The molecule has 1 fully saturated rings. The Balaban J connectivity index is 1.43. The Morgan fingerprint density at radius 3 is 2.38 bits per heavy atom. The second-order valence-electron chi connectivity index (χ2n) is 8.15. The fourth-order valence-corrected chi connectivity index (χ4v) is 4.59. The SMILES string of the molecule is C=CCn1c(SCc2ccc(C(=O)N3CCN(C)CC3)cc2)nnc1-c1ccc(C)cc1. The summed E-state index contributed by atoms with van der Waals surface area (Å²) < 4.78 is 2.09. The Hall–Kier alpha value is -2.90. The zero-order chi connectivity index (χ0) is 22.5. The highest BCUT2D eigenvalue weighted by molar-refractivity contribution is 7.98. The van der Waals surface area contributed by atoms with Crippen LogP contribution >= 0.6 is 11.8 Å². The van der Waals surface area contributed by atoms with E-state index in [1.165, 1.54) is 5.56 Å². The zero-order valence-corrected chi connectivity index (χ0v) is 19.5. The van der Waals surface area contributed by atoms with Gasteiger partial charge in [-0.1, -0.05) is 59.8 Å². The van der Waals surface area contributed by atoms with E-state index in [9.17, 15) is 4.79 Å². The molecule has 3 aromatic rings. The van der Waals surface area contributed by atoms with Crippen LogP contribution in [-0.4, -0.2) is 63.7 Å². The first kappa shape index (κ1) is 22.3. The van der Waals surface area contributed by atoms with Crippen molar-refractivity contribution in [1.29, 1.82) is 0 Å². The number of thioether (sulfide) groups is 1. The maximum atomic E-state index is 12.7. The number of hydrogen-bond acceptors (Lipinski definition) is 5. The maximum absolute atomic E-state index is 12.7.